The van der Waals surface area contributed by atoms with Crippen molar-refractivity contribution in [1.29, 1.82) is 0 Å². The zero-order valence-corrected chi connectivity index (χ0v) is 19.6. The van der Waals surface area contributed by atoms with E-state index in [-0.39, 0.29) is 30.2 Å². The van der Waals surface area contributed by atoms with Crippen molar-refractivity contribution in [3.05, 3.63) is 41.2 Å². The van der Waals surface area contributed by atoms with Crippen molar-refractivity contribution in [2.24, 2.45) is 5.92 Å². The van der Waals surface area contributed by atoms with Crippen molar-refractivity contribution < 1.29 is 19.8 Å². The Morgan fingerprint density at radius 2 is 1.88 bits per heavy atom. The van der Waals surface area contributed by atoms with E-state index in [0.29, 0.717) is 24.6 Å². The van der Waals surface area contributed by atoms with Gasteiger partial charge in [-0.1, -0.05) is 30.2 Å². The molecule has 2 aliphatic carbocycles. The van der Waals surface area contributed by atoms with Gasteiger partial charge in [-0.3, -0.25) is 9.59 Å². The number of aromatic hydroxyl groups is 1. The smallest absolute Gasteiger partial charge is 0.231 e. The van der Waals surface area contributed by atoms with Crippen LogP contribution in [0.4, 0.5) is 0 Å². The third kappa shape index (κ3) is 4.66. The topological polar surface area (TPSA) is 121 Å². The van der Waals surface area contributed by atoms with Gasteiger partial charge >= 0.3 is 0 Å². The van der Waals surface area contributed by atoms with Crippen molar-refractivity contribution in [3.63, 3.8) is 0 Å². The highest BCUT2D eigenvalue weighted by atomic mass is 16.3. The minimum atomic E-state index is -0.581. The van der Waals surface area contributed by atoms with E-state index in [2.05, 4.69) is 15.6 Å². The predicted octanol–water partition coefficient (Wildman–Crippen LogP) is 2.04. The molecular formula is C25H33N5O4. The lowest BCUT2D eigenvalue weighted by Gasteiger charge is -2.35. The predicted molar refractivity (Wildman–Crippen MR) is 124 cm³/mol. The number of fused-ring (bicyclic) bond motifs is 1. The van der Waals surface area contributed by atoms with Crippen LogP contribution in [0.15, 0.2) is 24.3 Å². The highest BCUT2D eigenvalue weighted by molar-refractivity contribution is 5.88. The molecule has 0 saturated heterocycles. The van der Waals surface area contributed by atoms with E-state index in [1.807, 2.05) is 11.6 Å². The highest BCUT2D eigenvalue weighted by Gasteiger charge is 2.40. The first-order valence-electron chi connectivity index (χ1n) is 12.4. The molecule has 2 heterocycles. The SMILES string of the molecule is CC(C(=O)N1Cc2nnn(CC3CC3)c2[C@@H](C(=O)N[C@H]2CCCC[C@@H]2O)C1)c1ccc(O)cc1. The second-order valence-corrected chi connectivity index (χ2v) is 10.1. The Kier molecular flexibility index (Phi) is 6.29. The first-order valence-corrected chi connectivity index (χ1v) is 12.4. The molecule has 1 unspecified atom stereocenters. The number of hydrogen-bond acceptors (Lipinski definition) is 6. The molecular weight excluding hydrogens is 434 g/mol. The number of nitrogens with one attached hydrogen (secondary N) is 1. The lowest BCUT2D eigenvalue weighted by Crippen LogP contribution is -2.50. The van der Waals surface area contributed by atoms with Gasteiger partial charge < -0.3 is 20.4 Å². The molecule has 1 aromatic heterocycles. The Labute approximate surface area is 199 Å². The number of phenolic OH excluding ortho intramolecular Hbond substituents is 1. The van der Waals surface area contributed by atoms with E-state index in [0.717, 1.165) is 49.9 Å². The van der Waals surface area contributed by atoms with Gasteiger partial charge in [-0.15, -0.1) is 5.10 Å². The highest BCUT2D eigenvalue weighted by Crippen LogP contribution is 2.35. The Hall–Kier alpha value is -2.94. The molecule has 3 aliphatic rings. The lowest BCUT2D eigenvalue weighted by molar-refractivity contribution is -0.135. The average Bonchev–Trinajstić information content (AvgIpc) is 3.57. The molecule has 9 heteroatoms. The third-order valence-electron chi connectivity index (χ3n) is 7.50. The fourth-order valence-electron chi connectivity index (χ4n) is 5.20. The number of rotatable bonds is 6. The molecule has 1 aliphatic heterocycles. The summed E-state index contributed by atoms with van der Waals surface area (Å²) in [4.78, 5) is 28.6. The van der Waals surface area contributed by atoms with E-state index in [1.54, 1.807) is 29.2 Å². The molecule has 182 valence electrons. The van der Waals surface area contributed by atoms with E-state index in [9.17, 15) is 19.8 Å². The van der Waals surface area contributed by atoms with Crippen LogP contribution in [0.2, 0.25) is 0 Å². The zero-order chi connectivity index (χ0) is 23.8. The number of benzene rings is 1. The summed E-state index contributed by atoms with van der Waals surface area (Å²) in [6.45, 7) is 3.15. The summed E-state index contributed by atoms with van der Waals surface area (Å²) in [6, 6.07) is 6.37. The Bertz CT molecular complexity index is 1050. The summed E-state index contributed by atoms with van der Waals surface area (Å²) >= 11 is 0. The summed E-state index contributed by atoms with van der Waals surface area (Å²) in [5.41, 5.74) is 2.27. The maximum absolute atomic E-state index is 13.5. The van der Waals surface area contributed by atoms with Crippen molar-refractivity contribution >= 4 is 11.8 Å². The number of phenols is 1. The number of carbonyl (C=O) groups excluding carboxylic acids is 2. The lowest BCUT2D eigenvalue weighted by atomic mass is 9.90. The number of aromatic nitrogens is 3. The first-order chi connectivity index (χ1) is 16.4. The number of aliphatic hydroxyl groups excluding tert-OH is 1. The molecule has 2 saturated carbocycles. The second-order valence-electron chi connectivity index (χ2n) is 10.1. The van der Waals surface area contributed by atoms with Crippen LogP contribution in [0, 0.1) is 5.92 Å². The zero-order valence-electron chi connectivity index (χ0n) is 19.6. The molecule has 2 amide bonds. The molecule has 2 aromatic rings. The van der Waals surface area contributed by atoms with Crippen LogP contribution in [0.3, 0.4) is 0 Å². The molecule has 1 aromatic carbocycles. The molecule has 5 rings (SSSR count). The van der Waals surface area contributed by atoms with E-state index < -0.39 is 17.9 Å². The van der Waals surface area contributed by atoms with Gasteiger partial charge in [0.2, 0.25) is 11.8 Å². The molecule has 0 bridgehead atoms. The fourth-order valence-corrected chi connectivity index (χ4v) is 5.20. The van der Waals surface area contributed by atoms with Crippen molar-refractivity contribution in [1.82, 2.24) is 25.2 Å². The minimum absolute atomic E-state index is 0.0939. The van der Waals surface area contributed by atoms with Gasteiger partial charge in [0, 0.05) is 13.1 Å². The molecule has 34 heavy (non-hydrogen) atoms. The van der Waals surface area contributed by atoms with E-state index in [1.165, 1.54) is 0 Å². The number of hydrogen-bond donors (Lipinski definition) is 3. The van der Waals surface area contributed by atoms with Crippen LogP contribution < -0.4 is 5.32 Å². The summed E-state index contributed by atoms with van der Waals surface area (Å²) in [7, 11) is 0. The van der Waals surface area contributed by atoms with Gasteiger partial charge in [-0.2, -0.15) is 0 Å². The third-order valence-corrected chi connectivity index (χ3v) is 7.50. The Morgan fingerprint density at radius 1 is 1.15 bits per heavy atom. The van der Waals surface area contributed by atoms with E-state index in [4.69, 9.17) is 0 Å². The molecule has 2 fully saturated rings. The van der Waals surface area contributed by atoms with E-state index >= 15 is 0 Å². The maximum Gasteiger partial charge on any atom is 0.231 e. The molecule has 3 N–H and O–H groups in total. The molecule has 0 radical (unpaired) electrons. The van der Waals surface area contributed by atoms with Crippen molar-refractivity contribution in [2.75, 3.05) is 6.54 Å². The van der Waals surface area contributed by atoms with Gasteiger partial charge in [0.15, 0.2) is 0 Å². The Morgan fingerprint density at radius 3 is 2.59 bits per heavy atom. The van der Waals surface area contributed by atoms with Gasteiger partial charge in [0.25, 0.3) is 0 Å². The number of amides is 2. The number of nitrogens with zero attached hydrogens (tertiary/aromatic N) is 4. The largest absolute Gasteiger partial charge is 0.508 e. The van der Waals surface area contributed by atoms with Crippen molar-refractivity contribution in [3.8, 4) is 5.75 Å². The van der Waals surface area contributed by atoms with Crippen LogP contribution in [0.5, 0.6) is 5.75 Å². The quantitative estimate of drug-likeness (QED) is 0.598. The second kappa shape index (κ2) is 9.37. The standard InChI is InChI=1S/C25H33N5O4/c1-15(17-8-10-18(31)11-9-17)25(34)29-13-19(24(33)26-20-4-2-3-5-22(20)32)23-21(14-29)27-28-30(23)12-16-6-7-16/h8-11,15-16,19-20,22,31-32H,2-7,12-14H2,1H3,(H,26,33)/t15?,19-,20-,22-/m0/s1. The monoisotopic (exact) mass is 467 g/mol. The van der Waals surface area contributed by atoms with Crippen LogP contribution in [0.1, 0.15) is 74.2 Å². The minimum Gasteiger partial charge on any atom is -0.508 e. The Balaban J connectivity index is 1.39. The van der Waals surface area contributed by atoms with Gasteiger partial charge in [-0.05, 0) is 56.2 Å². The van der Waals surface area contributed by atoms with Gasteiger partial charge in [-0.25, -0.2) is 4.68 Å². The fraction of sp³-hybridized carbons (Fsp3) is 0.600. The summed E-state index contributed by atoms with van der Waals surface area (Å²) in [5, 5.41) is 31.7. The van der Waals surface area contributed by atoms with Crippen molar-refractivity contribution in [2.45, 2.75) is 82.5 Å². The molecule has 0 spiro atoms. The van der Waals surface area contributed by atoms with Gasteiger partial charge in [0.1, 0.15) is 11.4 Å². The summed E-state index contributed by atoms with van der Waals surface area (Å²) in [6.07, 6.45) is 5.18. The number of carbonyl (C=O) groups is 2. The number of aliphatic hydroxyl groups is 1. The maximum atomic E-state index is 13.5. The van der Waals surface area contributed by atoms with Crippen LogP contribution in [-0.2, 0) is 22.7 Å². The summed E-state index contributed by atoms with van der Waals surface area (Å²) in [5.74, 6) is -0.552. The average molecular weight is 468 g/mol. The molecule has 9 nitrogen and oxygen atoms in total. The molecule has 4 atom stereocenters. The van der Waals surface area contributed by atoms with Crippen LogP contribution >= 0.6 is 0 Å². The van der Waals surface area contributed by atoms with Crippen LogP contribution in [0.25, 0.3) is 0 Å². The first kappa shape index (κ1) is 22.8. The van der Waals surface area contributed by atoms with Gasteiger partial charge in [0.05, 0.1) is 36.2 Å². The van der Waals surface area contributed by atoms with Crippen LogP contribution in [-0.4, -0.2) is 60.6 Å². The summed E-state index contributed by atoms with van der Waals surface area (Å²) < 4.78 is 1.86. The normalized spacial score (nSPS) is 25.5.